The first-order valence-corrected chi connectivity index (χ1v) is 9.55. The molecule has 5 nitrogen and oxygen atoms in total. The van der Waals surface area contributed by atoms with Crippen LogP contribution in [0.5, 0.6) is 11.5 Å². The van der Waals surface area contributed by atoms with Crippen molar-refractivity contribution in [3.63, 3.8) is 0 Å². The molecule has 0 heterocycles. The Balaban J connectivity index is 2.27. The van der Waals surface area contributed by atoms with E-state index in [0.29, 0.717) is 41.4 Å². The van der Waals surface area contributed by atoms with Gasteiger partial charge in [0.1, 0.15) is 16.8 Å². The molecule has 0 atom stereocenters. The van der Waals surface area contributed by atoms with Crippen LogP contribution in [-0.4, -0.2) is 37.8 Å². The molecule has 0 amide bonds. The highest BCUT2D eigenvalue weighted by molar-refractivity contribution is 6.55. The molecule has 0 bridgehead atoms. The van der Waals surface area contributed by atoms with Crippen LogP contribution in [0.2, 0.25) is 10.0 Å². The fourth-order valence-corrected chi connectivity index (χ4v) is 2.66. The number of nitrogens with zero attached hydrogens (tertiary/aromatic N) is 1. The third-order valence-electron chi connectivity index (χ3n) is 3.16. The summed E-state index contributed by atoms with van der Waals surface area (Å²) in [7, 11) is 0. The molecular formula is C17H21Cl4NO4. The summed E-state index contributed by atoms with van der Waals surface area (Å²) in [6.45, 7) is 1.69. The van der Waals surface area contributed by atoms with E-state index < -0.39 is 0 Å². The lowest BCUT2D eigenvalue weighted by Gasteiger charge is -2.12. The quantitative estimate of drug-likeness (QED) is 0.172. The van der Waals surface area contributed by atoms with Crippen LogP contribution in [0.4, 0.5) is 0 Å². The topological polar surface area (TPSA) is 60.3 Å². The summed E-state index contributed by atoms with van der Waals surface area (Å²) >= 11 is 23.4. The zero-order valence-electron chi connectivity index (χ0n) is 14.1. The number of benzene rings is 1. The Labute approximate surface area is 173 Å². The molecule has 1 aromatic carbocycles. The summed E-state index contributed by atoms with van der Waals surface area (Å²) < 4.78 is 16.5. The lowest BCUT2D eigenvalue weighted by molar-refractivity contribution is 0.165. The summed E-state index contributed by atoms with van der Waals surface area (Å²) in [6.07, 6.45) is 6.65. The Morgan fingerprint density at radius 3 is 2.23 bits per heavy atom. The fourth-order valence-electron chi connectivity index (χ4n) is 1.96. The number of oxime groups is 1. The molecule has 1 aromatic rings. The standard InChI is InChI=1S/C17H21Cl4NO4/c18-14-11-13(25-9-5-16(20)21)12-15(19)17(14)26-8-4-2-1-3-7-24-10-6-22-23/h5-6,11-12,23H,1-4,7-10H2. The van der Waals surface area contributed by atoms with Gasteiger partial charge >= 0.3 is 0 Å². The van der Waals surface area contributed by atoms with Gasteiger partial charge in [0.15, 0.2) is 5.75 Å². The van der Waals surface area contributed by atoms with Crippen molar-refractivity contribution in [2.45, 2.75) is 25.7 Å². The molecule has 0 unspecified atom stereocenters. The van der Waals surface area contributed by atoms with Crippen LogP contribution < -0.4 is 9.47 Å². The maximum absolute atomic E-state index is 8.21. The number of ether oxygens (including phenoxy) is 3. The first-order chi connectivity index (χ1) is 12.5. The van der Waals surface area contributed by atoms with Crippen molar-refractivity contribution >= 4 is 52.6 Å². The summed E-state index contributed by atoms with van der Waals surface area (Å²) in [5.41, 5.74) is 0. The predicted molar refractivity (Wildman–Crippen MR) is 107 cm³/mol. The molecule has 0 radical (unpaired) electrons. The highest BCUT2D eigenvalue weighted by atomic mass is 35.5. The number of unbranched alkanes of at least 4 members (excludes halogenated alkanes) is 3. The van der Waals surface area contributed by atoms with E-state index in [4.69, 9.17) is 65.8 Å². The van der Waals surface area contributed by atoms with Gasteiger partial charge in [0.25, 0.3) is 0 Å². The molecule has 0 saturated heterocycles. The Morgan fingerprint density at radius 2 is 1.62 bits per heavy atom. The van der Waals surface area contributed by atoms with E-state index in [2.05, 4.69) is 5.16 Å². The Bertz CT molecular complexity index is 569. The zero-order chi connectivity index (χ0) is 19.2. The highest BCUT2D eigenvalue weighted by Gasteiger charge is 2.10. The van der Waals surface area contributed by atoms with Crippen LogP contribution in [0.3, 0.4) is 0 Å². The molecule has 26 heavy (non-hydrogen) atoms. The van der Waals surface area contributed by atoms with Gasteiger partial charge < -0.3 is 19.4 Å². The van der Waals surface area contributed by atoms with Crippen molar-refractivity contribution < 1.29 is 19.4 Å². The van der Waals surface area contributed by atoms with Gasteiger partial charge in [-0.3, -0.25) is 0 Å². The third-order valence-corrected chi connectivity index (χ3v) is 4.03. The predicted octanol–water partition coefficient (Wildman–Crippen LogP) is 6.11. The summed E-state index contributed by atoms with van der Waals surface area (Å²) in [5.74, 6) is 0.947. The third kappa shape index (κ3) is 10.3. The second kappa shape index (κ2) is 14.2. The van der Waals surface area contributed by atoms with Gasteiger partial charge in [0.2, 0.25) is 0 Å². The van der Waals surface area contributed by atoms with Crippen LogP contribution >= 0.6 is 46.4 Å². The van der Waals surface area contributed by atoms with Crippen molar-refractivity contribution in [2.75, 3.05) is 26.4 Å². The van der Waals surface area contributed by atoms with Crippen molar-refractivity contribution in [2.24, 2.45) is 5.16 Å². The zero-order valence-corrected chi connectivity index (χ0v) is 17.1. The van der Waals surface area contributed by atoms with Gasteiger partial charge in [-0.25, -0.2) is 0 Å². The van der Waals surface area contributed by atoms with Gasteiger partial charge in [-0.2, -0.15) is 0 Å². The maximum atomic E-state index is 8.21. The fraction of sp³-hybridized carbons (Fsp3) is 0.471. The Kier molecular flexibility index (Phi) is 12.7. The van der Waals surface area contributed by atoms with E-state index in [0.717, 1.165) is 25.7 Å². The van der Waals surface area contributed by atoms with E-state index in [1.807, 2.05) is 0 Å². The molecule has 0 aliphatic rings. The molecule has 0 aliphatic heterocycles. The molecule has 0 aliphatic carbocycles. The molecule has 0 aromatic heterocycles. The van der Waals surface area contributed by atoms with E-state index >= 15 is 0 Å². The lowest BCUT2D eigenvalue weighted by atomic mass is 10.2. The van der Waals surface area contributed by atoms with Gasteiger partial charge in [0, 0.05) is 18.7 Å². The van der Waals surface area contributed by atoms with E-state index in [1.165, 1.54) is 12.3 Å². The largest absolute Gasteiger partial charge is 0.490 e. The van der Waals surface area contributed by atoms with E-state index in [1.54, 1.807) is 12.1 Å². The number of hydrogen-bond donors (Lipinski definition) is 1. The Morgan fingerprint density at radius 1 is 0.962 bits per heavy atom. The van der Waals surface area contributed by atoms with E-state index in [-0.39, 0.29) is 11.1 Å². The summed E-state index contributed by atoms with van der Waals surface area (Å²) in [4.78, 5) is 0. The molecule has 0 spiro atoms. The number of hydrogen-bond acceptors (Lipinski definition) is 5. The molecule has 1 N–H and O–H groups in total. The molecule has 0 fully saturated rings. The minimum Gasteiger partial charge on any atom is -0.490 e. The van der Waals surface area contributed by atoms with Crippen molar-refractivity contribution in [3.8, 4) is 11.5 Å². The molecule has 1 rings (SSSR count). The van der Waals surface area contributed by atoms with E-state index in [9.17, 15) is 0 Å². The number of halogens is 4. The molecular weight excluding hydrogens is 424 g/mol. The van der Waals surface area contributed by atoms with Crippen molar-refractivity contribution in [1.82, 2.24) is 0 Å². The van der Waals surface area contributed by atoms with Crippen LogP contribution in [0, 0.1) is 0 Å². The second-order valence-corrected chi connectivity index (χ2v) is 6.98. The van der Waals surface area contributed by atoms with Crippen LogP contribution in [0.1, 0.15) is 25.7 Å². The van der Waals surface area contributed by atoms with Gasteiger partial charge in [-0.05, 0) is 25.3 Å². The van der Waals surface area contributed by atoms with Crippen LogP contribution in [0.25, 0.3) is 0 Å². The molecule has 0 saturated carbocycles. The summed E-state index contributed by atoms with van der Waals surface area (Å²) in [6, 6.07) is 3.26. The number of rotatable bonds is 13. The minimum atomic E-state index is 0.132. The van der Waals surface area contributed by atoms with Crippen LogP contribution in [0.15, 0.2) is 27.9 Å². The summed E-state index contributed by atoms with van der Waals surface area (Å²) in [5, 5.41) is 11.8. The monoisotopic (exact) mass is 443 g/mol. The smallest absolute Gasteiger partial charge is 0.156 e. The van der Waals surface area contributed by atoms with Crippen molar-refractivity contribution in [1.29, 1.82) is 0 Å². The van der Waals surface area contributed by atoms with Gasteiger partial charge in [-0.1, -0.05) is 58.0 Å². The SMILES string of the molecule is ON=CCOCCCCCCOc1c(Cl)cc(OCC=C(Cl)Cl)cc1Cl. The highest BCUT2D eigenvalue weighted by Crippen LogP contribution is 2.37. The Hall–Kier alpha value is -0.850. The van der Waals surface area contributed by atoms with Crippen LogP contribution in [-0.2, 0) is 4.74 Å². The average Bonchev–Trinajstić information content (AvgIpc) is 2.58. The van der Waals surface area contributed by atoms with Crippen molar-refractivity contribution in [3.05, 3.63) is 32.7 Å². The molecule has 9 heteroatoms. The average molecular weight is 445 g/mol. The maximum Gasteiger partial charge on any atom is 0.156 e. The molecule has 146 valence electrons. The van der Waals surface area contributed by atoms with Gasteiger partial charge in [-0.15, -0.1) is 0 Å². The minimum absolute atomic E-state index is 0.132. The first-order valence-electron chi connectivity index (χ1n) is 8.04. The van der Waals surface area contributed by atoms with Gasteiger partial charge in [0.05, 0.1) is 29.5 Å². The first kappa shape index (κ1) is 23.2. The normalized spacial score (nSPS) is 10.9. The lowest BCUT2D eigenvalue weighted by Crippen LogP contribution is -2.01. The second-order valence-electron chi connectivity index (χ2n) is 5.16.